The van der Waals surface area contributed by atoms with E-state index in [0.717, 1.165) is 22.9 Å². The molecule has 0 saturated carbocycles. The van der Waals surface area contributed by atoms with Crippen molar-refractivity contribution in [1.29, 1.82) is 0 Å². The maximum Gasteiger partial charge on any atom is 0.235 e. The largest absolute Gasteiger partial charge is 0.235 e. The maximum atomic E-state index is 10.1. The van der Waals surface area contributed by atoms with Crippen molar-refractivity contribution in [2.24, 2.45) is 4.99 Å². The fourth-order valence-corrected chi connectivity index (χ4v) is 2.57. The van der Waals surface area contributed by atoms with Crippen LogP contribution in [0.3, 0.4) is 0 Å². The molecule has 1 aliphatic rings. The summed E-state index contributed by atoms with van der Waals surface area (Å²) in [6.07, 6.45) is 5.06. The molecule has 0 spiro atoms. The Hall–Kier alpha value is -0.920. The lowest BCUT2D eigenvalue weighted by molar-refractivity contribution is 0.562. The number of carbonyl (C=O) groups excluding carboxylic acids is 1. The molecular formula is C11H10BrNO. The average Bonchev–Trinajstić information content (AvgIpc) is 2.61. The zero-order valence-electron chi connectivity index (χ0n) is 7.72. The normalized spacial score (nSPS) is 13.5. The summed E-state index contributed by atoms with van der Waals surface area (Å²) in [6.45, 7) is 0.464. The Bertz CT molecular complexity index is 408. The molecule has 2 nitrogen and oxygen atoms in total. The number of isocyanates is 1. The van der Waals surface area contributed by atoms with E-state index in [1.807, 2.05) is 6.07 Å². The molecule has 0 N–H and O–H groups in total. The van der Waals surface area contributed by atoms with Crippen LogP contribution in [-0.2, 0) is 24.2 Å². The molecule has 2 rings (SSSR count). The number of hydrogen-bond acceptors (Lipinski definition) is 2. The van der Waals surface area contributed by atoms with Gasteiger partial charge in [0.05, 0.1) is 6.54 Å². The highest BCUT2D eigenvalue weighted by molar-refractivity contribution is 9.10. The highest BCUT2D eigenvalue weighted by Crippen LogP contribution is 2.29. The van der Waals surface area contributed by atoms with Crippen molar-refractivity contribution < 1.29 is 4.79 Å². The van der Waals surface area contributed by atoms with E-state index in [-0.39, 0.29) is 0 Å². The second kappa shape index (κ2) is 4.07. The SMILES string of the molecule is O=C=NCc1cc(Br)cc2c1CCC2. The molecule has 1 aliphatic carbocycles. The Kier molecular flexibility index (Phi) is 2.80. The number of rotatable bonds is 2. The third kappa shape index (κ3) is 1.79. The topological polar surface area (TPSA) is 29.4 Å². The molecule has 1 aromatic rings. The molecule has 0 heterocycles. The van der Waals surface area contributed by atoms with Gasteiger partial charge in [0.1, 0.15) is 0 Å². The van der Waals surface area contributed by atoms with Crippen molar-refractivity contribution in [3.05, 3.63) is 33.3 Å². The summed E-state index contributed by atoms with van der Waals surface area (Å²) in [6, 6.07) is 4.21. The van der Waals surface area contributed by atoms with Gasteiger partial charge < -0.3 is 0 Å². The summed E-state index contributed by atoms with van der Waals surface area (Å²) in [5.41, 5.74) is 3.94. The van der Waals surface area contributed by atoms with E-state index in [1.54, 1.807) is 6.08 Å². The predicted octanol–water partition coefficient (Wildman–Crippen LogP) is 2.77. The second-order valence-electron chi connectivity index (χ2n) is 3.46. The van der Waals surface area contributed by atoms with Gasteiger partial charge in [0.15, 0.2) is 0 Å². The van der Waals surface area contributed by atoms with E-state index in [0.29, 0.717) is 6.54 Å². The first kappa shape index (κ1) is 9.63. The van der Waals surface area contributed by atoms with E-state index in [4.69, 9.17) is 0 Å². The van der Waals surface area contributed by atoms with Gasteiger partial charge in [-0.1, -0.05) is 15.9 Å². The minimum absolute atomic E-state index is 0.464. The number of halogens is 1. The van der Waals surface area contributed by atoms with Crippen molar-refractivity contribution in [2.45, 2.75) is 25.8 Å². The number of aryl methyl sites for hydroxylation is 1. The molecule has 0 saturated heterocycles. The average molecular weight is 252 g/mol. The molecular weight excluding hydrogens is 242 g/mol. The molecule has 14 heavy (non-hydrogen) atoms. The van der Waals surface area contributed by atoms with Crippen LogP contribution in [-0.4, -0.2) is 6.08 Å². The highest BCUT2D eigenvalue weighted by Gasteiger charge is 2.15. The lowest BCUT2D eigenvalue weighted by atomic mass is 10.0. The zero-order valence-corrected chi connectivity index (χ0v) is 9.30. The predicted molar refractivity (Wildman–Crippen MR) is 58.0 cm³/mol. The Morgan fingerprint density at radius 2 is 2.29 bits per heavy atom. The van der Waals surface area contributed by atoms with E-state index in [2.05, 4.69) is 27.0 Å². The fraction of sp³-hybridized carbons (Fsp3) is 0.364. The number of benzene rings is 1. The quantitative estimate of drug-likeness (QED) is 0.587. The molecule has 0 bridgehead atoms. The maximum absolute atomic E-state index is 10.1. The minimum Gasteiger partial charge on any atom is -0.211 e. The van der Waals surface area contributed by atoms with Crippen molar-refractivity contribution in [3.8, 4) is 0 Å². The number of fused-ring (bicyclic) bond motifs is 1. The van der Waals surface area contributed by atoms with Crippen LogP contribution in [0, 0.1) is 0 Å². The number of aliphatic imine (C=N–C) groups is 1. The van der Waals surface area contributed by atoms with Gasteiger partial charge in [0.25, 0.3) is 0 Å². The molecule has 0 unspecified atom stereocenters. The van der Waals surface area contributed by atoms with Crippen LogP contribution in [0.15, 0.2) is 21.6 Å². The van der Waals surface area contributed by atoms with Crippen molar-refractivity contribution in [2.75, 3.05) is 0 Å². The smallest absolute Gasteiger partial charge is 0.211 e. The summed E-state index contributed by atoms with van der Waals surface area (Å²) >= 11 is 3.47. The van der Waals surface area contributed by atoms with Gasteiger partial charge in [0, 0.05) is 4.47 Å². The third-order valence-electron chi connectivity index (χ3n) is 2.59. The van der Waals surface area contributed by atoms with Gasteiger partial charge in [-0.25, -0.2) is 9.79 Å². The monoisotopic (exact) mass is 251 g/mol. The van der Waals surface area contributed by atoms with E-state index in [1.165, 1.54) is 17.5 Å². The molecule has 0 fully saturated rings. The molecule has 0 amide bonds. The molecule has 3 heteroatoms. The molecule has 1 aromatic carbocycles. The van der Waals surface area contributed by atoms with Crippen LogP contribution in [0.2, 0.25) is 0 Å². The Morgan fingerprint density at radius 3 is 3.07 bits per heavy atom. The van der Waals surface area contributed by atoms with Crippen molar-refractivity contribution in [3.63, 3.8) is 0 Å². The standard InChI is InChI=1S/C11H10BrNO/c12-10-4-8-2-1-3-11(8)9(5-10)6-13-7-14/h4-5H,1-3,6H2. The van der Waals surface area contributed by atoms with E-state index < -0.39 is 0 Å². The van der Waals surface area contributed by atoms with Crippen LogP contribution in [0.25, 0.3) is 0 Å². The molecule has 0 radical (unpaired) electrons. The van der Waals surface area contributed by atoms with Gasteiger partial charge >= 0.3 is 0 Å². The van der Waals surface area contributed by atoms with Gasteiger partial charge in [0.2, 0.25) is 6.08 Å². The van der Waals surface area contributed by atoms with E-state index >= 15 is 0 Å². The first-order chi connectivity index (χ1) is 6.81. The lowest BCUT2D eigenvalue weighted by Crippen LogP contribution is -1.92. The summed E-state index contributed by atoms with van der Waals surface area (Å²) in [5, 5.41) is 0. The lowest BCUT2D eigenvalue weighted by Gasteiger charge is -2.06. The summed E-state index contributed by atoms with van der Waals surface area (Å²) in [4.78, 5) is 13.7. The van der Waals surface area contributed by atoms with Crippen LogP contribution >= 0.6 is 15.9 Å². The van der Waals surface area contributed by atoms with Gasteiger partial charge in [-0.2, -0.15) is 0 Å². The van der Waals surface area contributed by atoms with Crippen LogP contribution in [0.5, 0.6) is 0 Å². The van der Waals surface area contributed by atoms with Crippen LogP contribution in [0.1, 0.15) is 23.1 Å². The highest BCUT2D eigenvalue weighted by atomic mass is 79.9. The van der Waals surface area contributed by atoms with E-state index in [9.17, 15) is 4.79 Å². The van der Waals surface area contributed by atoms with Crippen LogP contribution in [0.4, 0.5) is 0 Å². The summed E-state index contributed by atoms with van der Waals surface area (Å²) in [7, 11) is 0. The zero-order chi connectivity index (χ0) is 9.97. The molecule has 0 atom stereocenters. The van der Waals surface area contributed by atoms with Crippen LogP contribution < -0.4 is 0 Å². The minimum atomic E-state index is 0.464. The molecule has 0 aliphatic heterocycles. The molecule has 0 aromatic heterocycles. The fourth-order valence-electron chi connectivity index (χ4n) is 2.01. The number of nitrogens with zero attached hydrogens (tertiary/aromatic N) is 1. The first-order valence-electron chi connectivity index (χ1n) is 4.65. The summed E-state index contributed by atoms with van der Waals surface area (Å²) < 4.78 is 1.08. The first-order valence-corrected chi connectivity index (χ1v) is 5.44. The van der Waals surface area contributed by atoms with Gasteiger partial charge in [-0.3, -0.25) is 0 Å². The van der Waals surface area contributed by atoms with Crippen molar-refractivity contribution in [1.82, 2.24) is 0 Å². The third-order valence-corrected chi connectivity index (χ3v) is 3.04. The van der Waals surface area contributed by atoms with Crippen molar-refractivity contribution >= 4 is 22.0 Å². The number of hydrogen-bond donors (Lipinski definition) is 0. The summed E-state index contributed by atoms with van der Waals surface area (Å²) in [5.74, 6) is 0. The van der Waals surface area contributed by atoms with Gasteiger partial charge in [-0.15, -0.1) is 0 Å². The Morgan fingerprint density at radius 1 is 1.43 bits per heavy atom. The molecule has 72 valence electrons. The Labute approximate surface area is 91.2 Å². The van der Waals surface area contributed by atoms with Gasteiger partial charge in [-0.05, 0) is 48.1 Å². The Balaban J connectivity index is 2.43. The second-order valence-corrected chi connectivity index (χ2v) is 4.38.